The quantitative estimate of drug-likeness (QED) is 0.0197. The van der Waals surface area contributed by atoms with E-state index in [2.05, 4.69) is 31.9 Å². The molecule has 0 fully saturated rings. The molecule has 5 heterocycles. The summed E-state index contributed by atoms with van der Waals surface area (Å²) in [5.74, 6) is -5.61. The van der Waals surface area contributed by atoms with Crippen molar-refractivity contribution in [1.82, 2.24) is 46.4 Å². The normalized spacial score (nSPS) is 17.7. The van der Waals surface area contributed by atoms with Gasteiger partial charge in [0.1, 0.15) is 18.5 Å². The van der Waals surface area contributed by atoms with E-state index >= 15 is 4.39 Å². The third-order valence-corrected chi connectivity index (χ3v) is 16.2. The summed E-state index contributed by atoms with van der Waals surface area (Å²) >= 11 is 1.18. The molecule has 0 saturated heterocycles. The number of nitrogens with zero attached hydrogens (tertiary/aromatic N) is 3. The first-order valence-electron chi connectivity index (χ1n) is 26.1. The second-order valence-electron chi connectivity index (χ2n) is 20.4. The number of rotatable bonds is 23. The zero-order valence-electron chi connectivity index (χ0n) is 44.2. The number of benzene rings is 2. The van der Waals surface area contributed by atoms with Gasteiger partial charge in [0, 0.05) is 58.9 Å². The number of ether oxygens (including phenoxy) is 1. The van der Waals surface area contributed by atoms with Gasteiger partial charge in [-0.1, -0.05) is 43.7 Å². The molecule has 79 heavy (non-hydrogen) atoms. The lowest BCUT2D eigenvalue weighted by Gasteiger charge is -2.34. The Morgan fingerprint density at radius 1 is 0.886 bits per heavy atom. The fourth-order valence-electron chi connectivity index (χ4n) is 10.2. The van der Waals surface area contributed by atoms with Crippen molar-refractivity contribution in [2.45, 2.75) is 121 Å². The Hall–Kier alpha value is -7.83. The van der Waals surface area contributed by atoms with Crippen LogP contribution >= 0.6 is 11.8 Å². The number of hydrogen-bond acceptors (Lipinski definition) is 15. The largest absolute Gasteiger partial charge is 0.458 e. The van der Waals surface area contributed by atoms with Crippen LogP contribution in [0.3, 0.4) is 0 Å². The van der Waals surface area contributed by atoms with Gasteiger partial charge in [-0.25, -0.2) is 14.2 Å². The number of hydrogen-bond donors (Lipinski definition) is 8. The summed E-state index contributed by atoms with van der Waals surface area (Å²) < 4.78 is 21.2. The second-order valence-corrected chi connectivity index (χ2v) is 22.1. The van der Waals surface area contributed by atoms with Crippen LogP contribution in [0.4, 0.5) is 4.39 Å². The number of fused-ring (bicyclic) bond motifs is 5. The van der Waals surface area contributed by atoms with Crippen LogP contribution in [0.25, 0.3) is 22.3 Å². The number of aromatic nitrogens is 2. The van der Waals surface area contributed by atoms with Crippen LogP contribution in [-0.4, -0.2) is 122 Å². The van der Waals surface area contributed by atoms with E-state index in [1.807, 2.05) is 0 Å². The maximum absolute atomic E-state index is 15.5. The number of carbonyl (C=O) groups excluding carboxylic acids is 9. The lowest BCUT2D eigenvalue weighted by molar-refractivity contribution is -0.172. The van der Waals surface area contributed by atoms with E-state index < -0.39 is 101 Å². The molecule has 4 aromatic rings. The van der Waals surface area contributed by atoms with Crippen molar-refractivity contribution >= 4 is 75.9 Å². The molecule has 418 valence electrons. The maximum atomic E-state index is 15.5. The van der Waals surface area contributed by atoms with Crippen molar-refractivity contribution in [3.63, 3.8) is 0 Å². The number of thioether (sulfide) groups is 1. The maximum Gasteiger partial charge on any atom is 0.343 e. The molecule has 0 spiro atoms. The number of aryl methyl sites for hydroxylation is 1. The lowest BCUT2D eigenvalue weighted by atomic mass is 9.81. The average molecular weight is 1110 g/mol. The van der Waals surface area contributed by atoms with Crippen molar-refractivity contribution < 1.29 is 57.4 Å². The van der Waals surface area contributed by atoms with Crippen molar-refractivity contribution in [2.75, 3.05) is 32.1 Å². The van der Waals surface area contributed by atoms with E-state index in [-0.39, 0.29) is 67.8 Å². The summed E-state index contributed by atoms with van der Waals surface area (Å²) in [5, 5.41) is 27.9. The van der Waals surface area contributed by atoms with E-state index in [0.717, 1.165) is 10.5 Å². The van der Waals surface area contributed by atoms with Crippen LogP contribution < -0.4 is 43.2 Å². The number of carbonyl (C=O) groups is 9. The Morgan fingerprint density at radius 3 is 2.29 bits per heavy atom. The van der Waals surface area contributed by atoms with E-state index in [9.17, 15) is 53.1 Å². The predicted molar refractivity (Wildman–Crippen MR) is 287 cm³/mol. The van der Waals surface area contributed by atoms with Gasteiger partial charge in [0.25, 0.3) is 17.4 Å². The monoisotopic (exact) mass is 1110 g/mol. The number of imide groups is 1. The predicted octanol–water partition coefficient (Wildman–Crippen LogP) is 1.10. The van der Waals surface area contributed by atoms with E-state index in [0.29, 0.717) is 76.6 Å². The minimum Gasteiger partial charge on any atom is -0.458 e. The number of pyridine rings is 2. The molecule has 24 heteroatoms. The Kier molecular flexibility index (Phi) is 17.5. The first-order chi connectivity index (χ1) is 37.6. The molecule has 22 nitrogen and oxygen atoms in total. The summed E-state index contributed by atoms with van der Waals surface area (Å²) in [6.07, 6.45) is 4.84. The van der Waals surface area contributed by atoms with Gasteiger partial charge < -0.3 is 52.0 Å². The first kappa shape index (κ1) is 57.3. The highest BCUT2D eigenvalue weighted by Crippen LogP contribution is 2.46. The van der Waals surface area contributed by atoms with Crippen LogP contribution in [0.15, 0.2) is 59.4 Å². The molecule has 0 saturated carbocycles. The van der Waals surface area contributed by atoms with Crippen LogP contribution in [0, 0.1) is 12.7 Å². The summed E-state index contributed by atoms with van der Waals surface area (Å²) in [6, 6.07) is 8.78. The van der Waals surface area contributed by atoms with Gasteiger partial charge >= 0.3 is 5.97 Å². The van der Waals surface area contributed by atoms with E-state index in [1.54, 1.807) is 64.1 Å². The van der Waals surface area contributed by atoms with Crippen LogP contribution in [0.2, 0.25) is 0 Å². The number of amides is 8. The number of cyclic esters (lactones) is 1. The molecule has 2 aromatic heterocycles. The zero-order chi connectivity index (χ0) is 56.9. The zero-order valence-corrected chi connectivity index (χ0v) is 45.0. The Balaban J connectivity index is 0.827. The lowest BCUT2D eigenvalue weighted by Crippen LogP contribution is -2.53. The molecule has 1 aliphatic carbocycles. The highest BCUT2D eigenvalue weighted by Gasteiger charge is 2.46. The minimum atomic E-state index is -2.06. The van der Waals surface area contributed by atoms with Gasteiger partial charge in [-0.3, -0.25) is 48.1 Å². The number of aliphatic hydroxyl groups is 1. The van der Waals surface area contributed by atoms with Crippen LogP contribution in [0.5, 0.6) is 0 Å². The molecule has 0 bridgehead atoms. The number of halogens is 1. The fourth-order valence-corrected chi connectivity index (χ4v) is 11.1. The summed E-state index contributed by atoms with van der Waals surface area (Å²) in [4.78, 5) is 135. The van der Waals surface area contributed by atoms with Gasteiger partial charge in [-0.15, -0.1) is 11.8 Å². The summed E-state index contributed by atoms with van der Waals surface area (Å²) in [6.45, 7) is 5.36. The second kappa shape index (κ2) is 24.0. The fraction of sp³-hybridized carbons (Fsp3) is 0.436. The number of esters is 1. The number of nitrogens with two attached hydrogens (primary N) is 1. The van der Waals surface area contributed by atoms with E-state index in [4.69, 9.17) is 15.5 Å². The number of unbranched alkanes of at least 4 members (excludes halogenated alkanes) is 2. The molecule has 2 aromatic carbocycles. The third-order valence-electron chi connectivity index (χ3n) is 14.9. The molecule has 4 atom stereocenters. The molecule has 0 radical (unpaired) electrons. The third kappa shape index (κ3) is 12.4. The topological polar surface area (TPSA) is 319 Å². The molecule has 4 aliphatic rings. The Bertz CT molecular complexity index is 3240. The molecule has 3 aliphatic heterocycles. The average Bonchev–Trinajstić information content (AvgIpc) is 4.06. The molecule has 8 rings (SSSR count). The first-order valence-corrected chi connectivity index (χ1v) is 27.1. The summed E-state index contributed by atoms with van der Waals surface area (Å²) in [5.41, 5.74) is 8.57. The molecular formula is C55H63FN10O12S. The molecule has 0 unspecified atom stereocenters. The Morgan fingerprint density at radius 2 is 1.57 bits per heavy atom. The molecular weight excluding hydrogens is 1040 g/mol. The standard InChI is InChI=1S/C55H63FN10O12S/c1-5-55(77)34-21-39-48-32(26-66(39)52(75)33(34)27-78-53(55)76)47-36(16-15-31-29(2)35(56)22-37(63-48)46(31)47)64-51(74)49(57)54(3,4)79-28-61-42(69)24-60-50(73)38(20-30-12-8-6-9-13-30)62-43(70)25-59-41(68)23-58-40(67)14-10-7-11-19-65-44(71)17-18-45(65)72/h6,8-9,12-13,17-18,21-22,36,38,49,77H,5,7,10-11,14-16,19-20,23-28,57H2,1-4H3,(H,58,67)(H,59,68)(H,60,73)(H,61,69)(H,62,70)(H,64,74)/t36-,38-,49+,55-/m0/s1. The molecule has 8 amide bonds. The van der Waals surface area contributed by atoms with Crippen molar-refractivity contribution in [2.24, 2.45) is 5.73 Å². The SMILES string of the molecule is CC[C@@]1(O)C(=O)OCc2c1cc1n(c2=O)Cc2c-1nc1cc(F)c(C)c3c1c2[C@@H](NC(=O)[C@@H](N)C(C)(C)SCNC(=O)CNC(=O)[C@H](Cc1ccccc1)NC(=O)CNC(=O)CNC(=O)CCCCCN1C(=O)C=CC1=O)CC3. The highest BCUT2D eigenvalue weighted by molar-refractivity contribution is 8.00. The van der Waals surface area contributed by atoms with Crippen molar-refractivity contribution in [1.29, 1.82) is 0 Å². The van der Waals surface area contributed by atoms with Gasteiger partial charge in [0.15, 0.2) is 5.60 Å². The number of nitrogens with one attached hydrogen (secondary N) is 6. The van der Waals surface area contributed by atoms with Crippen molar-refractivity contribution in [3.8, 4) is 11.4 Å². The van der Waals surface area contributed by atoms with Crippen LogP contribution in [0.1, 0.15) is 104 Å². The Labute approximate surface area is 457 Å². The van der Waals surface area contributed by atoms with Crippen molar-refractivity contribution in [3.05, 3.63) is 110 Å². The summed E-state index contributed by atoms with van der Waals surface area (Å²) in [7, 11) is 0. The van der Waals surface area contributed by atoms with Gasteiger partial charge in [0.2, 0.25) is 35.4 Å². The van der Waals surface area contributed by atoms with Gasteiger partial charge in [-0.05, 0) is 81.2 Å². The smallest absolute Gasteiger partial charge is 0.343 e. The van der Waals surface area contributed by atoms with E-state index in [1.165, 1.54) is 34.5 Å². The highest BCUT2D eigenvalue weighted by atomic mass is 32.2. The van der Waals surface area contributed by atoms with Gasteiger partial charge in [-0.2, -0.15) is 0 Å². The van der Waals surface area contributed by atoms with Gasteiger partial charge in [0.05, 0.1) is 66.6 Å². The minimum absolute atomic E-state index is 0.0166. The van der Waals surface area contributed by atoms with Crippen LogP contribution in [-0.2, 0) is 79.5 Å². The molecule has 9 N–H and O–H groups in total.